The molecular formula is C14H9N3O. The summed E-state index contributed by atoms with van der Waals surface area (Å²) in [6.45, 7) is 0. The Morgan fingerprint density at radius 3 is 2.61 bits per heavy atom. The molecule has 0 radical (unpaired) electrons. The summed E-state index contributed by atoms with van der Waals surface area (Å²) >= 11 is 0. The molecular weight excluding hydrogens is 226 g/mol. The fraction of sp³-hybridized carbons (Fsp3) is 0. The summed E-state index contributed by atoms with van der Waals surface area (Å²) in [5, 5.41) is 26.3. The smallest absolute Gasteiger partial charge is 0.115 e. The molecule has 0 aliphatic heterocycles. The van der Waals surface area contributed by atoms with Crippen molar-refractivity contribution in [3.05, 3.63) is 48.0 Å². The zero-order chi connectivity index (χ0) is 12.5. The van der Waals surface area contributed by atoms with Crippen LogP contribution in [0.15, 0.2) is 42.5 Å². The van der Waals surface area contributed by atoms with Crippen LogP contribution in [-0.4, -0.2) is 15.3 Å². The molecule has 0 amide bonds. The van der Waals surface area contributed by atoms with Crippen molar-refractivity contribution in [2.24, 2.45) is 0 Å². The first-order valence-electron chi connectivity index (χ1n) is 5.45. The fourth-order valence-corrected chi connectivity index (χ4v) is 1.92. The van der Waals surface area contributed by atoms with Gasteiger partial charge in [-0.2, -0.15) is 10.4 Å². The second-order valence-corrected chi connectivity index (χ2v) is 3.99. The highest BCUT2D eigenvalue weighted by Crippen LogP contribution is 2.27. The third-order valence-electron chi connectivity index (χ3n) is 2.83. The molecule has 0 spiro atoms. The molecule has 0 saturated carbocycles. The maximum absolute atomic E-state index is 9.28. The largest absolute Gasteiger partial charge is 0.508 e. The maximum Gasteiger partial charge on any atom is 0.115 e. The average Bonchev–Trinajstić information content (AvgIpc) is 2.82. The number of aromatic amines is 1. The van der Waals surface area contributed by atoms with Crippen molar-refractivity contribution in [3.8, 4) is 23.1 Å². The second kappa shape index (κ2) is 3.90. The standard InChI is InChI=1S/C14H9N3O/c15-8-9-1-6-13-12(7-9)14(17-16-13)10-2-4-11(18)5-3-10/h1-7,18H,(H,16,17). The molecule has 3 aromatic rings. The number of H-pyrrole nitrogens is 1. The Hall–Kier alpha value is -2.80. The maximum atomic E-state index is 9.28. The van der Waals surface area contributed by atoms with Crippen LogP contribution < -0.4 is 0 Å². The molecule has 2 aromatic carbocycles. The third-order valence-corrected chi connectivity index (χ3v) is 2.83. The van der Waals surface area contributed by atoms with Gasteiger partial charge in [-0.3, -0.25) is 5.10 Å². The number of nitrogens with zero attached hydrogens (tertiary/aromatic N) is 2. The first kappa shape index (κ1) is 10.4. The number of aromatic nitrogens is 2. The Labute approximate surface area is 103 Å². The average molecular weight is 235 g/mol. The lowest BCUT2D eigenvalue weighted by molar-refractivity contribution is 0.475. The Bertz CT molecular complexity index is 751. The predicted molar refractivity (Wildman–Crippen MR) is 67.9 cm³/mol. The zero-order valence-corrected chi connectivity index (χ0v) is 9.38. The summed E-state index contributed by atoms with van der Waals surface area (Å²) < 4.78 is 0. The van der Waals surface area contributed by atoms with Crippen molar-refractivity contribution in [2.75, 3.05) is 0 Å². The van der Waals surface area contributed by atoms with Crippen LogP contribution in [0.4, 0.5) is 0 Å². The number of nitriles is 1. The van der Waals surface area contributed by atoms with Crippen molar-refractivity contribution >= 4 is 10.9 Å². The van der Waals surface area contributed by atoms with E-state index in [2.05, 4.69) is 16.3 Å². The van der Waals surface area contributed by atoms with Gasteiger partial charge in [0, 0.05) is 10.9 Å². The molecule has 3 rings (SSSR count). The molecule has 2 N–H and O–H groups in total. The molecule has 0 atom stereocenters. The monoisotopic (exact) mass is 235 g/mol. The zero-order valence-electron chi connectivity index (χ0n) is 9.38. The quantitative estimate of drug-likeness (QED) is 0.681. The number of nitrogens with one attached hydrogen (secondary N) is 1. The van der Waals surface area contributed by atoms with Crippen LogP contribution in [0.25, 0.3) is 22.2 Å². The predicted octanol–water partition coefficient (Wildman–Crippen LogP) is 2.81. The summed E-state index contributed by atoms with van der Waals surface area (Å²) in [6, 6.07) is 14.3. The number of fused-ring (bicyclic) bond motifs is 1. The minimum atomic E-state index is 0.219. The number of benzene rings is 2. The summed E-state index contributed by atoms with van der Waals surface area (Å²) in [7, 11) is 0. The van der Waals surface area contributed by atoms with Gasteiger partial charge in [0.2, 0.25) is 0 Å². The van der Waals surface area contributed by atoms with Crippen molar-refractivity contribution in [2.45, 2.75) is 0 Å². The van der Waals surface area contributed by atoms with E-state index < -0.39 is 0 Å². The van der Waals surface area contributed by atoms with E-state index in [9.17, 15) is 5.11 Å². The van der Waals surface area contributed by atoms with Crippen LogP contribution in [0.1, 0.15) is 5.56 Å². The minimum Gasteiger partial charge on any atom is -0.508 e. The van der Waals surface area contributed by atoms with Gasteiger partial charge < -0.3 is 5.11 Å². The SMILES string of the molecule is N#Cc1ccc2[nH]nc(-c3ccc(O)cc3)c2c1. The first-order chi connectivity index (χ1) is 8.78. The van der Waals surface area contributed by atoms with E-state index in [1.807, 2.05) is 6.07 Å². The van der Waals surface area contributed by atoms with Gasteiger partial charge in [-0.05, 0) is 42.5 Å². The second-order valence-electron chi connectivity index (χ2n) is 3.99. The lowest BCUT2D eigenvalue weighted by Crippen LogP contribution is -1.79. The molecule has 0 aliphatic carbocycles. The minimum absolute atomic E-state index is 0.219. The molecule has 1 heterocycles. The number of aromatic hydroxyl groups is 1. The first-order valence-corrected chi connectivity index (χ1v) is 5.45. The van der Waals surface area contributed by atoms with Crippen molar-refractivity contribution in [1.29, 1.82) is 5.26 Å². The third kappa shape index (κ3) is 1.59. The lowest BCUT2D eigenvalue weighted by Gasteiger charge is -1.98. The Balaban J connectivity index is 2.23. The van der Waals surface area contributed by atoms with Gasteiger partial charge in [-0.25, -0.2) is 0 Å². The van der Waals surface area contributed by atoms with Crippen LogP contribution in [0.5, 0.6) is 5.75 Å². The van der Waals surface area contributed by atoms with Gasteiger partial charge in [-0.1, -0.05) is 0 Å². The van der Waals surface area contributed by atoms with Crippen LogP contribution in [-0.2, 0) is 0 Å². The molecule has 0 bridgehead atoms. The van der Waals surface area contributed by atoms with E-state index in [1.54, 1.807) is 36.4 Å². The highest BCUT2D eigenvalue weighted by atomic mass is 16.3. The molecule has 4 heteroatoms. The Kier molecular flexibility index (Phi) is 2.24. The Morgan fingerprint density at radius 2 is 1.89 bits per heavy atom. The number of rotatable bonds is 1. The van der Waals surface area contributed by atoms with Crippen LogP contribution in [0.3, 0.4) is 0 Å². The summed E-state index contributed by atoms with van der Waals surface area (Å²) in [5.41, 5.74) is 3.16. The van der Waals surface area contributed by atoms with Gasteiger partial charge in [-0.15, -0.1) is 0 Å². The van der Waals surface area contributed by atoms with Gasteiger partial charge >= 0.3 is 0 Å². The number of phenols is 1. The lowest BCUT2D eigenvalue weighted by atomic mass is 10.1. The van der Waals surface area contributed by atoms with Gasteiger partial charge in [0.1, 0.15) is 5.75 Å². The van der Waals surface area contributed by atoms with Crippen molar-refractivity contribution < 1.29 is 5.11 Å². The van der Waals surface area contributed by atoms with E-state index in [-0.39, 0.29) is 5.75 Å². The normalized spacial score (nSPS) is 10.4. The highest BCUT2D eigenvalue weighted by Gasteiger charge is 2.08. The van der Waals surface area contributed by atoms with Gasteiger partial charge in [0.15, 0.2) is 0 Å². The van der Waals surface area contributed by atoms with Gasteiger partial charge in [0.05, 0.1) is 22.8 Å². The van der Waals surface area contributed by atoms with E-state index in [4.69, 9.17) is 5.26 Å². The summed E-state index contributed by atoms with van der Waals surface area (Å²) in [5.74, 6) is 0.219. The van der Waals surface area contributed by atoms with E-state index in [1.165, 1.54) is 0 Å². The molecule has 1 aromatic heterocycles. The molecule has 0 fully saturated rings. The molecule has 4 nitrogen and oxygen atoms in total. The molecule has 0 unspecified atom stereocenters. The molecule has 18 heavy (non-hydrogen) atoms. The molecule has 86 valence electrons. The van der Waals surface area contributed by atoms with Crippen LogP contribution >= 0.6 is 0 Å². The molecule has 0 saturated heterocycles. The fourth-order valence-electron chi connectivity index (χ4n) is 1.92. The highest BCUT2D eigenvalue weighted by molar-refractivity contribution is 5.93. The van der Waals surface area contributed by atoms with Crippen LogP contribution in [0.2, 0.25) is 0 Å². The molecule has 0 aliphatic rings. The van der Waals surface area contributed by atoms with E-state index in [0.717, 1.165) is 22.2 Å². The number of hydrogen-bond donors (Lipinski definition) is 2. The number of phenolic OH excluding ortho intramolecular Hbond substituents is 1. The summed E-state index contributed by atoms with van der Waals surface area (Å²) in [6.07, 6.45) is 0. The van der Waals surface area contributed by atoms with E-state index in [0.29, 0.717) is 5.56 Å². The van der Waals surface area contributed by atoms with Gasteiger partial charge in [0.25, 0.3) is 0 Å². The topological polar surface area (TPSA) is 72.7 Å². The van der Waals surface area contributed by atoms with E-state index >= 15 is 0 Å². The van der Waals surface area contributed by atoms with Crippen molar-refractivity contribution in [3.63, 3.8) is 0 Å². The number of hydrogen-bond acceptors (Lipinski definition) is 3. The summed E-state index contributed by atoms with van der Waals surface area (Å²) in [4.78, 5) is 0. The van der Waals surface area contributed by atoms with Crippen molar-refractivity contribution in [1.82, 2.24) is 10.2 Å². The van der Waals surface area contributed by atoms with Crippen LogP contribution in [0, 0.1) is 11.3 Å². The Morgan fingerprint density at radius 1 is 1.11 bits per heavy atom.